The lowest BCUT2D eigenvalue weighted by atomic mass is 10.1. The van der Waals surface area contributed by atoms with Gasteiger partial charge < -0.3 is 9.52 Å². The highest BCUT2D eigenvalue weighted by Crippen LogP contribution is 2.33. The highest BCUT2D eigenvalue weighted by molar-refractivity contribution is 5.94. The molecule has 0 aliphatic rings. The van der Waals surface area contributed by atoms with Gasteiger partial charge in [0.15, 0.2) is 17.6 Å². The molecule has 1 heterocycles. The van der Waals surface area contributed by atoms with E-state index in [4.69, 9.17) is 4.42 Å². The average Bonchev–Trinajstić information content (AvgIpc) is 2.46. The molecule has 72 valence electrons. The van der Waals surface area contributed by atoms with Crippen molar-refractivity contribution >= 4 is 17.3 Å². The van der Waals surface area contributed by atoms with E-state index in [2.05, 4.69) is 0 Å². The van der Waals surface area contributed by atoms with Crippen molar-refractivity contribution in [1.82, 2.24) is 0 Å². The third kappa shape index (κ3) is 1.02. The first-order chi connectivity index (χ1) is 6.65. The Morgan fingerprint density at radius 1 is 1.36 bits per heavy atom. The molecule has 0 saturated carbocycles. The van der Waals surface area contributed by atoms with Crippen LogP contribution in [0.2, 0.25) is 0 Å². The Morgan fingerprint density at radius 3 is 2.71 bits per heavy atom. The maximum absolute atomic E-state index is 10.6. The van der Waals surface area contributed by atoms with Gasteiger partial charge in [-0.05, 0) is 31.5 Å². The Morgan fingerprint density at radius 2 is 2.07 bits per heavy atom. The molecular weight excluding hydrogens is 180 g/mol. The van der Waals surface area contributed by atoms with Crippen molar-refractivity contribution in [3.8, 4) is 5.75 Å². The molecular formula is C11H10O3. The molecule has 0 aliphatic heterocycles. The fraction of sp³-hybridized carbons (Fsp3) is 0.182. The van der Waals surface area contributed by atoms with E-state index in [1.807, 2.05) is 13.8 Å². The summed E-state index contributed by atoms with van der Waals surface area (Å²) in [6.45, 7) is 3.75. The van der Waals surface area contributed by atoms with Crippen molar-refractivity contribution in [3.05, 3.63) is 29.0 Å². The van der Waals surface area contributed by atoms with Crippen LogP contribution in [0.25, 0.3) is 11.0 Å². The number of aromatic hydroxyl groups is 1. The second-order valence-corrected chi connectivity index (χ2v) is 3.28. The maximum Gasteiger partial charge on any atom is 0.176 e. The second-order valence-electron chi connectivity index (χ2n) is 3.28. The molecule has 1 N–H and O–H groups in total. The van der Waals surface area contributed by atoms with Gasteiger partial charge in [0.1, 0.15) is 5.76 Å². The molecule has 0 spiro atoms. The molecule has 0 aliphatic carbocycles. The summed E-state index contributed by atoms with van der Waals surface area (Å²) in [5.74, 6) is 0.687. The summed E-state index contributed by atoms with van der Waals surface area (Å²) >= 11 is 0. The van der Waals surface area contributed by atoms with Gasteiger partial charge in [-0.2, -0.15) is 0 Å². The van der Waals surface area contributed by atoms with Crippen LogP contribution in [0.15, 0.2) is 16.5 Å². The van der Waals surface area contributed by atoms with Crippen molar-refractivity contribution < 1.29 is 14.3 Å². The van der Waals surface area contributed by atoms with E-state index in [0.717, 1.165) is 16.7 Å². The molecule has 1 aromatic heterocycles. The van der Waals surface area contributed by atoms with Crippen molar-refractivity contribution in [2.45, 2.75) is 13.8 Å². The van der Waals surface area contributed by atoms with Crippen molar-refractivity contribution in [3.63, 3.8) is 0 Å². The summed E-state index contributed by atoms with van der Waals surface area (Å²) in [6, 6.07) is 3.37. The first kappa shape index (κ1) is 8.81. The zero-order chi connectivity index (χ0) is 10.3. The zero-order valence-corrected chi connectivity index (χ0v) is 8.00. The van der Waals surface area contributed by atoms with Crippen LogP contribution in [0.1, 0.15) is 21.7 Å². The van der Waals surface area contributed by atoms with Crippen LogP contribution in [0.5, 0.6) is 5.75 Å². The van der Waals surface area contributed by atoms with Crippen molar-refractivity contribution in [2.75, 3.05) is 0 Å². The van der Waals surface area contributed by atoms with E-state index in [-0.39, 0.29) is 11.3 Å². The van der Waals surface area contributed by atoms with E-state index in [1.54, 1.807) is 12.1 Å². The summed E-state index contributed by atoms with van der Waals surface area (Å²) in [7, 11) is 0. The van der Waals surface area contributed by atoms with Crippen molar-refractivity contribution in [1.29, 1.82) is 0 Å². The number of phenols is 1. The minimum absolute atomic E-state index is 0.0753. The fourth-order valence-electron chi connectivity index (χ4n) is 1.50. The Bertz CT molecular complexity index is 509. The normalized spacial score (nSPS) is 10.7. The molecule has 0 atom stereocenters. The predicted octanol–water partition coefficient (Wildman–Crippen LogP) is 2.57. The lowest BCUT2D eigenvalue weighted by Gasteiger charge is -1.96. The van der Waals surface area contributed by atoms with Gasteiger partial charge in [0, 0.05) is 5.39 Å². The van der Waals surface area contributed by atoms with E-state index in [1.165, 1.54) is 0 Å². The Labute approximate surface area is 81.0 Å². The van der Waals surface area contributed by atoms with Crippen LogP contribution >= 0.6 is 0 Å². The molecule has 1 aromatic carbocycles. The van der Waals surface area contributed by atoms with Gasteiger partial charge in [-0.1, -0.05) is 0 Å². The first-order valence-electron chi connectivity index (χ1n) is 4.32. The molecule has 0 bridgehead atoms. The number of rotatable bonds is 1. The molecule has 0 amide bonds. The first-order valence-corrected chi connectivity index (χ1v) is 4.32. The highest BCUT2D eigenvalue weighted by Gasteiger charge is 2.13. The predicted molar refractivity (Wildman–Crippen MR) is 52.7 cm³/mol. The van der Waals surface area contributed by atoms with Gasteiger partial charge in [0.05, 0.1) is 5.56 Å². The number of furan rings is 1. The summed E-state index contributed by atoms with van der Waals surface area (Å²) < 4.78 is 5.36. The van der Waals surface area contributed by atoms with E-state index in [9.17, 15) is 9.90 Å². The fourth-order valence-corrected chi connectivity index (χ4v) is 1.50. The number of aldehydes is 1. The van der Waals surface area contributed by atoms with Gasteiger partial charge in [0.2, 0.25) is 0 Å². The second kappa shape index (κ2) is 2.87. The van der Waals surface area contributed by atoms with Crippen LogP contribution in [0, 0.1) is 13.8 Å². The van der Waals surface area contributed by atoms with Crippen LogP contribution in [-0.2, 0) is 0 Å². The van der Waals surface area contributed by atoms with Gasteiger partial charge in [-0.15, -0.1) is 0 Å². The molecule has 0 radical (unpaired) electrons. The number of carbonyl (C=O) groups is 1. The summed E-state index contributed by atoms with van der Waals surface area (Å²) in [6.07, 6.45) is 0.613. The number of hydrogen-bond donors (Lipinski definition) is 1. The molecule has 0 saturated heterocycles. The number of benzene rings is 1. The summed E-state index contributed by atoms with van der Waals surface area (Å²) in [4.78, 5) is 10.6. The van der Waals surface area contributed by atoms with E-state index < -0.39 is 0 Å². The number of phenolic OH excluding ortho intramolecular Hbond substituents is 1. The SMILES string of the molecule is Cc1oc2c(O)c(C=O)ccc2c1C. The smallest absolute Gasteiger partial charge is 0.176 e. The lowest BCUT2D eigenvalue weighted by molar-refractivity contribution is 0.112. The van der Waals surface area contributed by atoms with Gasteiger partial charge >= 0.3 is 0 Å². The molecule has 0 fully saturated rings. The van der Waals surface area contributed by atoms with E-state index in [0.29, 0.717) is 11.9 Å². The molecule has 2 rings (SSSR count). The summed E-state index contributed by atoms with van der Waals surface area (Å²) in [5, 5.41) is 10.5. The van der Waals surface area contributed by atoms with Gasteiger partial charge in [-0.25, -0.2) is 0 Å². The van der Waals surface area contributed by atoms with Crippen LogP contribution in [0.3, 0.4) is 0 Å². The number of aryl methyl sites for hydroxylation is 2. The minimum Gasteiger partial charge on any atom is -0.504 e. The average molecular weight is 190 g/mol. The topological polar surface area (TPSA) is 50.4 Å². The molecule has 0 unspecified atom stereocenters. The Balaban J connectivity index is 2.90. The lowest BCUT2D eigenvalue weighted by Crippen LogP contribution is -1.80. The van der Waals surface area contributed by atoms with Crippen molar-refractivity contribution in [2.24, 2.45) is 0 Å². The maximum atomic E-state index is 10.6. The number of carbonyl (C=O) groups excluding carboxylic acids is 1. The molecule has 2 aromatic rings. The highest BCUT2D eigenvalue weighted by atomic mass is 16.4. The zero-order valence-electron chi connectivity index (χ0n) is 8.00. The monoisotopic (exact) mass is 190 g/mol. The summed E-state index contributed by atoms with van der Waals surface area (Å²) in [5.41, 5.74) is 1.64. The molecule has 3 nitrogen and oxygen atoms in total. The van der Waals surface area contributed by atoms with Crippen LogP contribution in [-0.4, -0.2) is 11.4 Å². The van der Waals surface area contributed by atoms with Gasteiger partial charge in [-0.3, -0.25) is 4.79 Å². The molecule has 14 heavy (non-hydrogen) atoms. The molecule has 3 heteroatoms. The largest absolute Gasteiger partial charge is 0.504 e. The standard InChI is InChI=1S/C11H10O3/c1-6-7(2)14-11-9(6)4-3-8(5-12)10(11)13/h3-5,13H,1-2H3. The number of fused-ring (bicyclic) bond motifs is 1. The third-order valence-corrected chi connectivity index (χ3v) is 2.48. The number of hydrogen-bond acceptors (Lipinski definition) is 3. The van der Waals surface area contributed by atoms with Crippen LogP contribution < -0.4 is 0 Å². The third-order valence-electron chi connectivity index (χ3n) is 2.48. The minimum atomic E-state index is -0.0753. The van der Waals surface area contributed by atoms with Gasteiger partial charge in [0.25, 0.3) is 0 Å². The Hall–Kier alpha value is -1.77. The van der Waals surface area contributed by atoms with E-state index >= 15 is 0 Å². The Kier molecular flexibility index (Phi) is 1.81. The quantitative estimate of drug-likeness (QED) is 0.703. The van der Waals surface area contributed by atoms with Crippen LogP contribution in [0.4, 0.5) is 0 Å².